The van der Waals surface area contributed by atoms with E-state index in [0.29, 0.717) is 37.6 Å². The van der Waals surface area contributed by atoms with Crippen molar-refractivity contribution in [3.05, 3.63) is 77.7 Å². The van der Waals surface area contributed by atoms with Gasteiger partial charge in [-0.25, -0.2) is 22.8 Å². The minimum atomic E-state index is -3.39. The van der Waals surface area contributed by atoms with Crippen LogP contribution in [0.2, 0.25) is 0 Å². The number of nitrogens with two attached hydrogens (primary N) is 1. The number of nitrogens with one attached hydrogen (secondary N) is 1. The average molecular weight is 458 g/mol. The van der Waals surface area contributed by atoms with E-state index in [1.807, 2.05) is 36.4 Å². The molecule has 0 saturated heterocycles. The average Bonchev–Trinajstić information content (AvgIpc) is 2.78. The van der Waals surface area contributed by atoms with Crippen molar-refractivity contribution < 1.29 is 12.8 Å². The largest absolute Gasteiger partial charge is 0.354 e. The highest BCUT2D eigenvalue weighted by Gasteiger charge is 2.17. The molecule has 0 saturated carbocycles. The van der Waals surface area contributed by atoms with Crippen molar-refractivity contribution in [2.75, 3.05) is 31.2 Å². The van der Waals surface area contributed by atoms with Crippen molar-refractivity contribution >= 4 is 16.0 Å². The number of sulfonamides is 1. The molecule has 0 bridgehead atoms. The number of rotatable bonds is 11. The van der Waals surface area contributed by atoms with Gasteiger partial charge in [-0.3, -0.25) is 0 Å². The zero-order chi connectivity index (χ0) is 23.0. The van der Waals surface area contributed by atoms with Crippen molar-refractivity contribution in [1.82, 2.24) is 14.3 Å². The minimum Gasteiger partial charge on any atom is -0.354 e. The van der Waals surface area contributed by atoms with E-state index in [2.05, 4.69) is 15.3 Å². The molecule has 9 heteroatoms. The Labute approximate surface area is 188 Å². The van der Waals surface area contributed by atoms with E-state index in [1.165, 1.54) is 16.1 Å². The summed E-state index contributed by atoms with van der Waals surface area (Å²) in [6.45, 7) is 1.52. The molecule has 0 atom stereocenters. The third-order valence-corrected chi connectivity index (χ3v) is 6.17. The van der Waals surface area contributed by atoms with Crippen molar-refractivity contribution in [2.45, 2.75) is 19.4 Å². The molecular weight excluding hydrogens is 429 g/mol. The second kappa shape index (κ2) is 11.1. The monoisotopic (exact) mass is 457 g/mol. The summed E-state index contributed by atoms with van der Waals surface area (Å²) in [5, 5.41) is 3.13. The summed E-state index contributed by atoms with van der Waals surface area (Å²) in [5.74, 6) is -0.206. The van der Waals surface area contributed by atoms with Crippen molar-refractivity contribution in [1.29, 1.82) is 0 Å². The molecule has 0 aliphatic heterocycles. The fourth-order valence-corrected chi connectivity index (χ4v) is 4.11. The van der Waals surface area contributed by atoms with E-state index in [1.54, 1.807) is 18.2 Å². The van der Waals surface area contributed by atoms with Gasteiger partial charge in [0.05, 0.1) is 12.5 Å². The maximum Gasteiger partial charge on any atom is 0.223 e. The number of benzene rings is 2. The van der Waals surface area contributed by atoms with Gasteiger partial charge in [0.2, 0.25) is 16.0 Å². The van der Waals surface area contributed by atoms with Gasteiger partial charge in [0.25, 0.3) is 0 Å². The lowest BCUT2D eigenvalue weighted by Crippen LogP contribution is -2.31. The molecule has 3 aromatic rings. The minimum absolute atomic E-state index is 0.164. The van der Waals surface area contributed by atoms with Gasteiger partial charge < -0.3 is 11.1 Å². The first kappa shape index (κ1) is 23.8. The number of hydrogen-bond donors (Lipinski definition) is 2. The first-order valence-electron chi connectivity index (χ1n) is 10.4. The molecule has 3 rings (SSSR count). The molecule has 0 aliphatic rings. The van der Waals surface area contributed by atoms with Gasteiger partial charge in [0.15, 0.2) is 5.82 Å². The Morgan fingerprint density at radius 2 is 1.84 bits per heavy atom. The van der Waals surface area contributed by atoms with Crippen LogP contribution in [0.1, 0.15) is 17.5 Å². The van der Waals surface area contributed by atoms with Gasteiger partial charge >= 0.3 is 0 Å². The van der Waals surface area contributed by atoms with Crippen LogP contribution in [0, 0.1) is 5.82 Å². The molecule has 0 fully saturated rings. The summed E-state index contributed by atoms with van der Waals surface area (Å²) in [7, 11) is -3.39. The second-order valence-electron chi connectivity index (χ2n) is 7.49. The molecule has 7 nitrogen and oxygen atoms in total. The van der Waals surface area contributed by atoms with E-state index >= 15 is 0 Å². The quantitative estimate of drug-likeness (QED) is 0.459. The molecule has 0 unspecified atom stereocenters. The number of nitrogens with zero attached hydrogens (tertiary/aromatic N) is 3. The summed E-state index contributed by atoms with van der Waals surface area (Å²) >= 11 is 0. The maximum atomic E-state index is 14.5. The maximum absolute atomic E-state index is 14.5. The third-order valence-electron chi connectivity index (χ3n) is 4.92. The van der Waals surface area contributed by atoms with Crippen molar-refractivity contribution in [2.24, 2.45) is 5.73 Å². The molecule has 32 heavy (non-hydrogen) atoms. The van der Waals surface area contributed by atoms with Crippen LogP contribution in [-0.2, 0) is 23.0 Å². The first-order valence-corrected chi connectivity index (χ1v) is 12.3. The summed E-state index contributed by atoms with van der Waals surface area (Å²) in [4.78, 5) is 8.38. The van der Waals surface area contributed by atoms with Gasteiger partial charge in [0, 0.05) is 25.2 Å². The molecule has 0 spiro atoms. The highest BCUT2D eigenvalue weighted by atomic mass is 32.2. The zero-order valence-electron chi connectivity index (χ0n) is 18.0. The Kier molecular flexibility index (Phi) is 8.26. The number of anilines is 1. The van der Waals surface area contributed by atoms with Crippen LogP contribution in [0.4, 0.5) is 10.3 Å². The lowest BCUT2D eigenvalue weighted by molar-refractivity contribution is 0.405. The van der Waals surface area contributed by atoms with Crippen molar-refractivity contribution in [3.8, 4) is 11.3 Å². The Morgan fingerprint density at radius 3 is 2.56 bits per heavy atom. The molecule has 0 amide bonds. The van der Waals surface area contributed by atoms with Gasteiger partial charge in [-0.05, 0) is 36.6 Å². The second-order valence-corrected chi connectivity index (χ2v) is 9.47. The van der Waals surface area contributed by atoms with Crippen LogP contribution in [0.5, 0.6) is 0 Å². The van der Waals surface area contributed by atoms with E-state index in [9.17, 15) is 12.8 Å². The Bertz CT molecular complexity index is 1130. The zero-order valence-corrected chi connectivity index (χ0v) is 18.9. The molecule has 1 heterocycles. The lowest BCUT2D eigenvalue weighted by Gasteiger charge is -2.20. The Morgan fingerprint density at radius 1 is 1.09 bits per heavy atom. The molecule has 0 aliphatic carbocycles. The Hall–Kier alpha value is -2.88. The smallest absolute Gasteiger partial charge is 0.223 e. The van der Waals surface area contributed by atoms with Gasteiger partial charge in [-0.1, -0.05) is 48.5 Å². The predicted molar refractivity (Wildman–Crippen MR) is 125 cm³/mol. The summed E-state index contributed by atoms with van der Waals surface area (Å²) < 4.78 is 40.1. The SMILES string of the molecule is CS(=O)(=O)N(CCCN)Cc1cccc(-c2nc(NCCc3ccccc3)ncc2F)c1. The van der Waals surface area contributed by atoms with Crippen LogP contribution >= 0.6 is 0 Å². The number of aromatic nitrogens is 2. The van der Waals surface area contributed by atoms with Crippen LogP contribution < -0.4 is 11.1 Å². The summed E-state index contributed by atoms with van der Waals surface area (Å²) in [5.41, 5.74) is 8.17. The van der Waals surface area contributed by atoms with Gasteiger partial charge in [0.1, 0.15) is 5.69 Å². The van der Waals surface area contributed by atoms with Gasteiger partial charge in [-0.2, -0.15) is 4.31 Å². The summed E-state index contributed by atoms with van der Waals surface area (Å²) in [6.07, 6.45) is 3.66. The predicted octanol–water partition coefficient (Wildman–Crippen LogP) is 3.05. The van der Waals surface area contributed by atoms with E-state index in [0.717, 1.165) is 18.2 Å². The first-order chi connectivity index (χ1) is 15.4. The van der Waals surface area contributed by atoms with Crippen molar-refractivity contribution in [3.63, 3.8) is 0 Å². The lowest BCUT2D eigenvalue weighted by atomic mass is 10.1. The van der Waals surface area contributed by atoms with E-state index in [4.69, 9.17) is 5.73 Å². The molecule has 0 radical (unpaired) electrons. The third kappa shape index (κ3) is 6.81. The van der Waals surface area contributed by atoms with Gasteiger partial charge in [-0.15, -0.1) is 0 Å². The highest BCUT2D eigenvalue weighted by Crippen LogP contribution is 2.23. The molecular formula is C23H28FN5O2S. The Balaban J connectivity index is 1.75. The van der Waals surface area contributed by atoms with Crippen LogP contribution in [0.25, 0.3) is 11.3 Å². The number of hydrogen-bond acceptors (Lipinski definition) is 6. The van der Waals surface area contributed by atoms with Crippen LogP contribution in [-0.4, -0.2) is 48.6 Å². The van der Waals surface area contributed by atoms with Crippen LogP contribution in [0.15, 0.2) is 60.8 Å². The molecule has 2 aromatic carbocycles. The fourth-order valence-electron chi connectivity index (χ4n) is 3.27. The van der Waals surface area contributed by atoms with E-state index in [-0.39, 0.29) is 12.2 Å². The molecule has 1 aromatic heterocycles. The summed E-state index contributed by atoms with van der Waals surface area (Å²) in [6, 6.07) is 17.1. The topological polar surface area (TPSA) is 101 Å². The molecule has 3 N–H and O–H groups in total. The molecule has 170 valence electrons. The standard InChI is InChI=1S/C23H28FN5O2S/c1-32(30,31)29(14-6-12-25)17-19-9-5-10-20(15-19)22-21(24)16-27-23(28-22)26-13-11-18-7-3-2-4-8-18/h2-5,7-10,15-16H,6,11-14,17,25H2,1H3,(H,26,27,28). The van der Waals surface area contributed by atoms with Crippen LogP contribution in [0.3, 0.4) is 0 Å². The normalized spacial score (nSPS) is 11.6. The fraction of sp³-hybridized carbons (Fsp3) is 0.304. The highest BCUT2D eigenvalue weighted by molar-refractivity contribution is 7.88. The van der Waals surface area contributed by atoms with E-state index < -0.39 is 15.8 Å². The number of halogens is 1.